The highest BCUT2D eigenvalue weighted by molar-refractivity contribution is 5.79. The Morgan fingerprint density at radius 3 is 1.51 bits per heavy atom. The van der Waals surface area contributed by atoms with E-state index in [9.17, 15) is 4.79 Å². The van der Waals surface area contributed by atoms with Crippen LogP contribution < -0.4 is 9.47 Å². The summed E-state index contributed by atoms with van der Waals surface area (Å²) >= 11 is 0. The number of fused-ring (bicyclic) bond motifs is 2. The van der Waals surface area contributed by atoms with Crippen LogP contribution in [0.2, 0.25) is 0 Å². The number of aryl methyl sites for hydroxylation is 2. The molecule has 0 radical (unpaired) electrons. The molecule has 11 heteroatoms. The molecular weight excluding hydrogens is 723 g/mol. The summed E-state index contributed by atoms with van der Waals surface area (Å²) in [6, 6.07) is 37.7. The Morgan fingerprint density at radius 2 is 1.04 bits per heavy atom. The molecule has 2 heterocycles. The van der Waals surface area contributed by atoms with Gasteiger partial charge in [0, 0.05) is 48.3 Å². The van der Waals surface area contributed by atoms with Crippen LogP contribution in [0.5, 0.6) is 11.5 Å². The van der Waals surface area contributed by atoms with E-state index in [4.69, 9.17) is 38.8 Å². The SMILES string of the molecule is Cc1cccc(COCCCOCc2ccc3ccccc3n2)c1OCC#N.Cc1cccc(COCCCOCc2ccc3ccccc3n2)c1OCC(=O)O. The highest BCUT2D eigenvalue weighted by Crippen LogP contribution is 2.25. The van der Waals surface area contributed by atoms with E-state index in [0.717, 1.165) is 74.0 Å². The molecule has 0 unspecified atom stereocenters. The first-order chi connectivity index (χ1) is 27.9. The number of hydrogen-bond donors (Lipinski definition) is 1. The first-order valence-electron chi connectivity index (χ1n) is 18.9. The molecule has 1 N–H and O–H groups in total. The number of rotatable bonds is 21. The highest BCUT2D eigenvalue weighted by atomic mass is 16.5. The van der Waals surface area contributed by atoms with Crippen molar-refractivity contribution in [2.24, 2.45) is 0 Å². The van der Waals surface area contributed by atoms with Crippen LogP contribution in [0.15, 0.2) is 109 Å². The minimum Gasteiger partial charge on any atom is -0.481 e. The number of hydrogen-bond acceptors (Lipinski definition) is 10. The maximum atomic E-state index is 10.7. The number of aromatic nitrogens is 2. The van der Waals surface area contributed by atoms with Crippen molar-refractivity contribution in [3.8, 4) is 17.6 Å². The third kappa shape index (κ3) is 14.0. The number of pyridine rings is 2. The number of carboxylic acid groups (broad SMARTS) is 1. The van der Waals surface area contributed by atoms with Crippen molar-refractivity contribution in [1.29, 1.82) is 5.26 Å². The fourth-order valence-corrected chi connectivity index (χ4v) is 5.93. The lowest BCUT2D eigenvalue weighted by atomic mass is 10.1. The maximum absolute atomic E-state index is 10.7. The second kappa shape index (κ2) is 23.2. The van der Waals surface area contributed by atoms with E-state index in [0.29, 0.717) is 58.6 Å². The number of ether oxygens (including phenoxy) is 6. The number of aliphatic carboxylic acids is 1. The van der Waals surface area contributed by atoms with Gasteiger partial charge in [0.05, 0.1) is 48.8 Å². The van der Waals surface area contributed by atoms with E-state index in [1.165, 1.54) is 0 Å². The van der Waals surface area contributed by atoms with Gasteiger partial charge in [-0.2, -0.15) is 5.26 Å². The Bertz CT molecular complexity index is 2220. The average Bonchev–Trinajstić information content (AvgIpc) is 3.22. The largest absolute Gasteiger partial charge is 0.481 e. The van der Waals surface area contributed by atoms with Crippen LogP contribution in [0.25, 0.3) is 21.8 Å². The molecule has 0 spiro atoms. The molecule has 0 saturated heterocycles. The maximum Gasteiger partial charge on any atom is 0.341 e. The van der Waals surface area contributed by atoms with E-state index >= 15 is 0 Å². The van der Waals surface area contributed by atoms with Crippen molar-refractivity contribution in [3.63, 3.8) is 0 Å². The van der Waals surface area contributed by atoms with Crippen molar-refractivity contribution >= 4 is 27.8 Å². The van der Waals surface area contributed by atoms with Gasteiger partial charge in [-0.25, -0.2) is 4.79 Å². The first kappa shape index (κ1) is 42.2. The number of carboxylic acids is 1. The number of nitriles is 1. The molecule has 296 valence electrons. The molecule has 0 aliphatic heterocycles. The lowest BCUT2D eigenvalue weighted by Crippen LogP contribution is -2.12. The van der Waals surface area contributed by atoms with Gasteiger partial charge in [-0.1, -0.05) is 84.9 Å². The van der Waals surface area contributed by atoms with Crippen molar-refractivity contribution in [1.82, 2.24) is 9.97 Å². The van der Waals surface area contributed by atoms with Crippen molar-refractivity contribution in [2.75, 3.05) is 39.6 Å². The molecule has 6 aromatic rings. The third-order valence-electron chi connectivity index (χ3n) is 8.69. The van der Waals surface area contributed by atoms with Crippen LogP contribution in [0.3, 0.4) is 0 Å². The Hall–Kier alpha value is -5.90. The van der Waals surface area contributed by atoms with Gasteiger partial charge in [0.1, 0.15) is 17.6 Å². The van der Waals surface area contributed by atoms with E-state index in [1.807, 2.05) is 111 Å². The lowest BCUT2D eigenvalue weighted by molar-refractivity contribution is -0.139. The number of benzene rings is 4. The van der Waals surface area contributed by atoms with Gasteiger partial charge in [-0.3, -0.25) is 9.97 Å². The van der Waals surface area contributed by atoms with Gasteiger partial charge < -0.3 is 33.5 Å². The first-order valence-corrected chi connectivity index (χ1v) is 18.9. The van der Waals surface area contributed by atoms with Crippen LogP contribution in [0.4, 0.5) is 0 Å². The van der Waals surface area contributed by atoms with E-state index in [1.54, 1.807) is 0 Å². The monoisotopic (exact) mass is 771 g/mol. The second-order valence-electron chi connectivity index (χ2n) is 13.2. The molecule has 2 aromatic heterocycles. The van der Waals surface area contributed by atoms with E-state index in [-0.39, 0.29) is 13.2 Å². The smallest absolute Gasteiger partial charge is 0.341 e. The zero-order chi connectivity index (χ0) is 40.1. The molecule has 0 aliphatic carbocycles. The molecule has 4 aromatic carbocycles. The number of carbonyl (C=O) groups is 1. The van der Waals surface area contributed by atoms with Crippen LogP contribution in [0, 0.1) is 25.2 Å². The fourth-order valence-electron chi connectivity index (χ4n) is 5.93. The molecular formula is C46H49N3O8. The number of para-hydroxylation sites is 4. The summed E-state index contributed by atoms with van der Waals surface area (Å²) in [7, 11) is 0. The molecule has 0 bridgehead atoms. The molecule has 0 atom stereocenters. The Kier molecular flexibility index (Phi) is 17.2. The fraction of sp³-hybridized carbons (Fsp3) is 0.304. The van der Waals surface area contributed by atoms with Crippen LogP contribution in [-0.4, -0.2) is 60.7 Å². The predicted octanol–water partition coefficient (Wildman–Crippen LogP) is 8.70. The standard InChI is InChI=1S/C23H24N2O3.C23H25NO5/c1-18-6-4-8-20(23(18)28-15-12-24)16-26-13-5-14-27-17-21-11-10-19-7-2-3-9-22(19)25-21;1-17-6-4-8-19(23(17)29-16-22(25)26)14-27-12-5-13-28-15-20-11-10-18-7-2-3-9-21(18)24-20/h2-4,6-11H,5,13-17H2,1H3;2-4,6-11H,5,12-16H2,1H3,(H,25,26). The van der Waals surface area contributed by atoms with E-state index in [2.05, 4.69) is 28.2 Å². The van der Waals surface area contributed by atoms with E-state index < -0.39 is 5.97 Å². The third-order valence-corrected chi connectivity index (χ3v) is 8.69. The number of nitrogens with zero attached hydrogens (tertiary/aromatic N) is 3. The van der Waals surface area contributed by atoms with Crippen LogP contribution in [-0.2, 0) is 50.2 Å². The summed E-state index contributed by atoms with van der Waals surface area (Å²) < 4.78 is 33.8. The highest BCUT2D eigenvalue weighted by Gasteiger charge is 2.10. The molecule has 6 rings (SSSR count). The Balaban J connectivity index is 0.000000218. The van der Waals surface area contributed by atoms with Crippen molar-refractivity contribution < 1.29 is 38.3 Å². The summed E-state index contributed by atoms with van der Waals surface area (Å²) in [5, 5.41) is 19.8. The van der Waals surface area contributed by atoms with Gasteiger partial charge in [0.2, 0.25) is 0 Å². The van der Waals surface area contributed by atoms with Crippen molar-refractivity contribution in [2.45, 2.75) is 53.1 Å². The molecule has 0 aliphatic rings. The van der Waals surface area contributed by atoms with Gasteiger partial charge in [0.15, 0.2) is 13.2 Å². The Morgan fingerprint density at radius 1 is 0.579 bits per heavy atom. The summed E-state index contributed by atoms with van der Waals surface area (Å²) in [4.78, 5) is 19.9. The second-order valence-corrected chi connectivity index (χ2v) is 13.2. The molecule has 0 saturated carbocycles. The molecule has 57 heavy (non-hydrogen) atoms. The topological polar surface area (TPSA) is 142 Å². The summed E-state index contributed by atoms with van der Waals surface area (Å²) in [5.41, 5.74) is 7.48. The van der Waals surface area contributed by atoms with Crippen molar-refractivity contribution in [3.05, 3.63) is 143 Å². The Labute approximate surface area is 333 Å². The van der Waals surface area contributed by atoms with Crippen LogP contribution in [0.1, 0.15) is 46.5 Å². The lowest BCUT2D eigenvalue weighted by Gasteiger charge is -2.13. The summed E-state index contributed by atoms with van der Waals surface area (Å²) in [6.45, 7) is 7.62. The van der Waals surface area contributed by atoms with Gasteiger partial charge in [0.25, 0.3) is 0 Å². The van der Waals surface area contributed by atoms with Gasteiger partial charge in [-0.15, -0.1) is 0 Å². The average molecular weight is 772 g/mol. The molecule has 0 amide bonds. The normalized spacial score (nSPS) is 10.8. The summed E-state index contributed by atoms with van der Waals surface area (Å²) in [6.07, 6.45) is 1.55. The zero-order valence-electron chi connectivity index (χ0n) is 32.5. The minimum absolute atomic E-state index is 0.0362. The molecule has 0 fully saturated rings. The predicted molar refractivity (Wildman–Crippen MR) is 218 cm³/mol. The summed E-state index contributed by atoms with van der Waals surface area (Å²) in [5.74, 6) is 0.314. The van der Waals surface area contributed by atoms with Crippen LogP contribution >= 0.6 is 0 Å². The minimum atomic E-state index is -1.00. The quantitative estimate of drug-likeness (QED) is 0.0703. The van der Waals surface area contributed by atoms with Gasteiger partial charge >= 0.3 is 5.97 Å². The van der Waals surface area contributed by atoms with Gasteiger partial charge in [-0.05, 0) is 62.1 Å². The zero-order valence-corrected chi connectivity index (χ0v) is 32.5. The molecule has 11 nitrogen and oxygen atoms in total.